The summed E-state index contributed by atoms with van der Waals surface area (Å²) >= 11 is 0. The maximum absolute atomic E-state index is 12.4. The number of likely N-dealkylation sites (tertiary alicyclic amines) is 1. The zero-order valence-corrected chi connectivity index (χ0v) is 14.7. The van der Waals surface area contributed by atoms with E-state index in [-0.39, 0.29) is 24.1 Å². The highest BCUT2D eigenvalue weighted by Gasteiger charge is 2.45. The maximum Gasteiger partial charge on any atom is 0.410 e. The van der Waals surface area contributed by atoms with Crippen LogP contribution in [0.5, 0.6) is 0 Å². The standard InChI is InChI=1S/C17H29N3O3/c1-11-8-18-13(9-19(11)16(22)23-17(2,3)4)10-20-14-6-5-12(7-14)15(20)21/h11-14,18H,5-10H2,1-4H3/t11-,12-,13-,14+/m1/s1. The third-order valence-electron chi connectivity index (χ3n) is 5.17. The van der Waals surface area contributed by atoms with Crippen LogP contribution in [0.3, 0.4) is 0 Å². The fourth-order valence-electron chi connectivity index (χ4n) is 3.98. The Hall–Kier alpha value is -1.30. The van der Waals surface area contributed by atoms with E-state index in [4.69, 9.17) is 4.74 Å². The lowest BCUT2D eigenvalue weighted by molar-refractivity contribution is -0.134. The average Bonchev–Trinajstić information content (AvgIpc) is 3.02. The Bertz CT molecular complexity index is 488. The van der Waals surface area contributed by atoms with Crippen LogP contribution in [0, 0.1) is 5.92 Å². The molecule has 2 amide bonds. The van der Waals surface area contributed by atoms with Gasteiger partial charge in [-0.15, -0.1) is 0 Å². The number of hydrogen-bond acceptors (Lipinski definition) is 4. The molecule has 0 radical (unpaired) electrons. The Morgan fingerprint density at radius 3 is 2.70 bits per heavy atom. The number of carbonyl (C=O) groups excluding carboxylic acids is 2. The van der Waals surface area contributed by atoms with Gasteiger partial charge in [0.1, 0.15) is 5.60 Å². The zero-order valence-electron chi connectivity index (χ0n) is 14.7. The quantitative estimate of drug-likeness (QED) is 0.838. The van der Waals surface area contributed by atoms with Gasteiger partial charge < -0.3 is 19.9 Å². The molecular formula is C17H29N3O3. The monoisotopic (exact) mass is 323 g/mol. The molecule has 1 aliphatic carbocycles. The van der Waals surface area contributed by atoms with Crippen molar-refractivity contribution in [3.63, 3.8) is 0 Å². The van der Waals surface area contributed by atoms with E-state index >= 15 is 0 Å². The molecule has 3 aliphatic rings. The summed E-state index contributed by atoms with van der Waals surface area (Å²) in [4.78, 5) is 28.5. The first-order chi connectivity index (χ1) is 10.7. The fourth-order valence-corrected chi connectivity index (χ4v) is 3.98. The Kier molecular flexibility index (Phi) is 4.29. The van der Waals surface area contributed by atoms with Crippen molar-refractivity contribution in [3.8, 4) is 0 Å². The van der Waals surface area contributed by atoms with Gasteiger partial charge >= 0.3 is 6.09 Å². The van der Waals surface area contributed by atoms with Crippen molar-refractivity contribution in [2.75, 3.05) is 19.6 Å². The number of hydrogen-bond donors (Lipinski definition) is 1. The van der Waals surface area contributed by atoms with Crippen LogP contribution < -0.4 is 5.32 Å². The summed E-state index contributed by atoms with van der Waals surface area (Å²) in [6, 6.07) is 0.650. The van der Waals surface area contributed by atoms with Gasteiger partial charge in [-0.05, 0) is 47.0 Å². The fraction of sp³-hybridized carbons (Fsp3) is 0.882. The first-order valence-corrected chi connectivity index (χ1v) is 8.78. The predicted octanol–water partition coefficient (Wildman–Crippen LogP) is 1.59. The highest BCUT2D eigenvalue weighted by molar-refractivity contribution is 5.82. The van der Waals surface area contributed by atoms with E-state index in [2.05, 4.69) is 5.32 Å². The van der Waals surface area contributed by atoms with Crippen molar-refractivity contribution >= 4 is 12.0 Å². The van der Waals surface area contributed by atoms with Crippen LogP contribution in [-0.4, -0.2) is 65.2 Å². The van der Waals surface area contributed by atoms with E-state index < -0.39 is 5.60 Å². The Morgan fingerprint density at radius 2 is 2.09 bits per heavy atom. The van der Waals surface area contributed by atoms with Gasteiger partial charge in [0.2, 0.25) is 5.91 Å². The van der Waals surface area contributed by atoms with E-state index in [9.17, 15) is 9.59 Å². The lowest BCUT2D eigenvalue weighted by atomic mass is 10.1. The number of nitrogens with zero attached hydrogens (tertiary/aromatic N) is 2. The normalized spacial score (nSPS) is 34.2. The third kappa shape index (κ3) is 3.47. The first kappa shape index (κ1) is 16.6. The number of piperidine rings is 1. The molecule has 2 bridgehead atoms. The van der Waals surface area contributed by atoms with Crippen molar-refractivity contribution in [1.82, 2.24) is 15.1 Å². The molecule has 1 saturated carbocycles. The van der Waals surface area contributed by atoms with E-state index in [1.165, 1.54) is 0 Å². The number of rotatable bonds is 2. The first-order valence-electron chi connectivity index (χ1n) is 8.78. The Labute approximate surface area is 138 Å². The second kappa shape index (κ2) is 5.96. The number of carbonyl (C=O) groups is 2. The minimum atomic E-state index is -0.485. The van der Waals surface area contributed by atoms with E-state index in [0.29, 0.717) is 25.0 Å². The Balaban J connectivity index is 1.59. The van der Waals surface area contributed by atoms with E-state index in [1.807, 2.05) is 32.6 Å². The molecule has 2 saturated heterocycles. The molecule has 2 aliphatic heterocycles. The molecule has 0 spiro atoms. The smallest absolute Gasteiger partial charge is 0.410 e. The van der Waals surface area contributed by atoms with E-state index in [1.54, 1.807) is 4.90 Å². The van der Waals surface area contributed by atoms with Gasteiger partial charge in [-0.25, -0.2) is 4.79 Å². The zero-order chi connectivity index (χ0) is 16.8. The van der Waals surface area contributed by atoms with Crippen molar-refractivity contribution < 1.29 is 14.3 Å². The lowest BCUT2D eigenvalue weighted by Crippen LogP contribution is -2.61. The third-order valence-corrected chi connectivity index (χ3v) is 5.17. The van der Waals surface area contributed by atoms with Gasteiger partial charge in [-0.2, -0.15) is 0 Å². The van der Waals surface area contributed by atoms with Crippen LogP contribution in [-0.2, 0) is 9.53 Å². The maximum atomic E-state index is 12.4. The molecule has 3 rings (SSSR count). The second-order valence-corrected chi connectivity index (χ2v) is 8.24. The number of piperazine rings is 1. The van der Waals surface area contributed by atoms with Crippen LogP contribution in [0.4, 0.5) is 4.79 Å². The van der Waals surface area contributed by atoms with Crippen LogP contribution >= 0.6 is 0 Å². The molecule has 6 heteroatoms. The molecule has 0 aromatic carbocycles. The molecule has 3 fully saturated rings. The van der Waals surface area contributed by atoms with Gasteiger partial charge in [0.25, 0.3) is 0 Å². The van der Waals surface area contributed by atoms with Gasteiger partial charge in [-0.1, -0.05) is 0 Å². The van der Waals surface area contributed by atoms with Crippen molar-refractivity contribution in [2.45, 2.75) is 70.7 Å². The van der Waals surface area contributed by atoms with Gasteiger partial charge in [0, 0.05) is 43.7 Å². The van der Waals surface area contributed by atoms with Crippen LogP contribution in [0.2, 0.25) is 0 Å². The largest absolute Gasteiger partial charge is 0.444 e. The van der Waals surface area contributed by atoms with Crippen LogP contribution in [0.1, 0.15) is 47.0 Å². The molecular weight excluding hydrogens is 294 g/mol. The molecule has 6 nitrogen and oxygen atoms in total. The number of fused-ring (bicyclic) bond motifs is 2. The SMILES string of the molecule is C[C@@H]1CN[C@@H](CN2C(=O)[C@@H]3CC[C@H]2C3)CN1C(=O)OC(C)(C)C. The highest BCUT2D eigenvalue weighted by Crippen LogP contribution is 2.38. The predicted molar refractivity (Wildman–Crippen MR) is 87.0 cm³/mol. The number of ether oxygens (including phenoxy) is 1. The molecule has 4 atom stereocenters. The van der Waals surface area contributed by atoms with Crippen molar-refractivity contribution in [1.29, 1.82) is 0 Å². The summed E-state index contributed by atoms with van der Waals surface area (Å²) in [5.41, 5.74) is -0.485. The molecule has 0 aromatic rings. The second-order valence-electron chi connectivity index (χ2n) is 8.24. The molecule has 2 heterocycles. The van der Waals surface area contributed by atoms with Crippen molar-refractivity contribution in [3.05, 3.63) is 0 Å². The molecule has 1 N–H and O–H groups in total. The minimum absolute atomic E-state index is 0.104. The topological polar surface area (TPSA) is 61.9 Å². The average molecular weight is 323 g/mol. The molecule has 130 valence electrons. The van der Waals surface area contributed by atoms with Crippen LogP contribution in [0.25, 0.3) is 0 Å². The number of nitrogens with one attached hydrogen (secondary N) is 1. The highest BCUT2D eigenvalue weighted by atomic mass is 16.6. The molecule has 23 heavy (non-hydrogen) atoms. The lowest BCUT2D eigenvalue weighted by Gasteiger charge is -2.41. The summed E-state index contributed by atoms with van der Waals surface area (Å²) in [6.45, 7) is 9.71. The molecule has 0 unspecified atom stereocenters. The van der Waals surface area contributed by atoms with E-state index in [0.717, 1.165) is 25.8 Å². The number of amides is 2. The molecule has 0 aromatic heterocycles. The van der Waals surface area contributed by atoms with Gasteiger partial charge in [0.15, 0.2) is 0 Å². The van der Waals surface area contributed by atoms with Crippen LogP contribution in [0.15, 0.2) is 0 Å². The Morgan fingerprint density at radius 1 is 1.35 bits per heavy atom. The summed E-state index contributed by atoms with van der Waals surface area (Å²) < 4.78 is 5.52. The summed E-state index contributed by atoms with van der Waals surface area (Å²) in [6.07, 6.45) is 2.96. The summed E-state index contributed by atoms with van der Waals surface area (Å²) in [5.74, 6) is 0.565. The van der Waals surface area contributed by atoms with Crippen molar-refractivity contribution in [2.24, 2.45) is 5.92 Å². The van der Waals surface area contributed by atoms with Gasteiger partial charge in [0.05, 0.1) is 0 Å². The summed E-state index contributed by atoms with van der Waals surface area (Å²) in [7, 11) is 0. The minimum Gasteiger partial charge on any atom is -0.444 e. The van der Waals surface area contributed by atoms with Gasteiger partial charge in [-0.3, -0.25) is 4.79 Å². The summed E-state index contributed by atoms with van der Waals surface area (Å²) in [5, 5.41) is 3.48.